The molecule has 0 fully saturated rings. The van der Waals surface area contributed by atoms with Crippen molar-refractivity contribution in [3.05, 3.63) is 88.9 Å². The van der Waals surface area contributed by atoms with Crippen molar-refractivity contribution >= 4 is 37.5 Å². The Balaban J connectivity index is 1.28. The lowest BCUT2D eigenvalue weighted by Crippen LogP contribution is -2.37. The minimum Gasteiger partial charge on any atom is -0.481 e. The van der Waals surface area contributed by atoms with Gasteiger partial charge in [0.15, 0.2) is 12.4 Å². The summed E-state index contributed by atoms with van der Waals surface area (Å²) in [7, 11) is -4.36. The molecule has 0 aliphatic rings. The maximum absolute atomic E-state index is 12.3. The minimum atomic E-state index is -4.36. The van der Waals surface area contributed by atoms with Crippen LogP contribution in [0.1, 0.15) is 34.1 Å². The highest BCUT2D eigenvalue weighted by atomic mass is 35.5. The Labute approximate surface area is 242 Å². The van der Waals surface area contributed by atoms with Crippen LogP contribution >= 0.6 is 19.4 Å². The third kappa shape index (κ3) is 11.0. The number of rotatable bonds is 16. The molecule has 3 rings (SSSR count). The first-order valence-corrected chi connectivity index (χ1v) is 14.5. The Hall–Kier alpha value is -3.73. The summed E-state index contributed by atoms with van der Waals surface area (Å²) >= 11 is 5.87. The molecule has 13 heteroatoms. The Kier molecular flexibility index (Phi) is 12.3. The molecular weight excluding hydrogens is 575 g/mol. The molecule has 0 aliphatic heterocycles. The van der Waals surface area contributed by atoms with Gasteiger partial charge in [-0.2, -0.15) is 0 Å². The Morgan fingerprint density at radius 1 is 0.902 bits per heavy atom. The lowest BCUT2D eigenvalue weighted by Gasteiger charge is -2.16. The lowest BCUT2D eigenvalue weighted by atomic mass is 10.1. The van der Waals surface area contributed by atoms with Crippen LogP contribution in [0, 0.1) is 0 Å². The molecule has 3 N–H and O–H groups in total. The highest BCUT2D eigenvalue weighted by Gasteiger charge is 2.21. The number of hydrogen-bond donors (Lipinski definition) is 3. The van der Waals surface area contributed by atoms with E-state index in [-0.39, 0.29) is 49.8 Å². The second-order valence-electron chi connectivity index (χ2n) is 8.53. The largest absolute Gasteiger partial charge is 0.481 e. The molecule has 0 heterocycles. The van der Waals surface area contributed by atoms with Gasteiger partial charge >= 0.3 is 7.82 Å². The van der Waals surface area contributed by atoms with Crippen molar-refractivity contribution in [2.24, 2.45) is 0 Å². The fraction of sp³-hybridized carbons (Fsp3) is 0.250. The molecule has 0 radical (unpaired) electrons. The van der Waals surface area contributed by atoms with Crippen LogP contribution < -0.4 is 20.1 Å². The molecule has 0 aliphatic carbocycles. The number of amides is 2. The first-order valence-electron chi connectivity index (χ1n) is 12.6. The number of halogens is 1. The van der Waals surface area contributed by atoms with Crippen LogP contribution in [-0.4, -0.2) is 55.4 Å². The van der Waals surface area contributed by atoms with Crippen LogP contribution in [0.2, 0.25) is 5.02 Å². The summed E-state index contributed by atoms with van der Waals surface area (Å²) in [4.78, 5) is 45.3. The molecule has 0 spiro atoms. The van der Waals surface area contributed by atoms with Crippen LogP contribution in [0.3, 0.4) is 0 Å². The second-order valence-corrected chi connectivity index (χ2v) is 10.4. The Morgan fingerprint density at radius 2 is 1.51 bits per heavy atom. The van der Waals surface area contributed by atoms with Gasteiger partial charge in [0, 0.05) is 29.2 Å². The van der Waals surface area contributed by atoms with Gasteiger partial charge in [-0.05, 0) is 67.9 Å². The van der Waals surface area contributed by atoms with Gasteiger partial charge in [-0.25, -0.2) is 4.57 Å². The normalized spacial score (nSPS) is 13.0. The van der Waals surface area contributed by atoms with Gasteiger partial charge in [0.25, 0.3) is 11.8 Å². The molecule has 0 aromatic heterocycles. The first kappa shape index (κ1) is 31.8. The molecule has 41 heavy (non-hydrogen) atoms. The van der Waals surface area contributed by atoms with Crippen molar-refractivity contribution < 1.29 is 42.4 Å². The molecule has 0 bridgehead atoms. The Morgan fingerprint density at radius 3 is 2.20 bits per heavy atom. The monoisotopic (exact) mass is 604 g/mol. The molecule has 218 valence electrons. The van der Waals surface area contributed by atoms with Crippen LogP contribution in [0.4, 0.5) is 0 Å². The number of nitrogens with one attached hydrogen (secondary N) is 2. The van der Waals surface area contributed by atoms with E-state index in [0.29, 0.717) is 28.6 Å². The number of carbonyl (C=O) groups is 3. The highest BCUT2D eigenvalue weighted by molar-refractivity contribution is 7.47. The van der Waals surface area contributed by atoms with E-state index in [0.717, 1.165) is 0 Å². The SMILES string of the molecule is CC(Oc1ccc(Oc2ccc(Cl)cc2)cc1)C(=O)NCCCOP(=O)(O)OCCNC(=O)c1ccccc1C=O. The number of phosphoric acid groups is 1. The molecule has 11 nitrogen and oxygen atoms in total. The smallest absolute Gasteiger partial charge is 0.472 e. The van der Waals surface area contributed by atoms with Gasteiger partial charge in [-0.3, -0.25) is 23.4 Å². The molecule has 0 saturated carbocycles. The van der Waals surface area contributed by atoms with Crippen molar-refractivity contribution in [1.82, 2.24) is 10.6 Å². The number of ether oxygens (including phenoxy) is 2. The number of aldehydes is 1. The summed E-state index contributed by atoms with van der Waals surface area (Å²) in [5, 5.41) is 5.77. The number of hydrogen-bond acceptors (Lipinski definition) is 8. The van der Waals surface area contributed by atoms with Crippen molar-refractivity contribution in [2.75, 3.05) is 26.3 Å². The predicted molar refractivity (Wildman–Crippen MR) is 152 cm³/mol. The van der Waals surface area contributed by atoms with E-state index in [2.05, 4.69) is 10.6 Å². The maximum Gasteiger partial charge on any atom is 0.472 e. The van der Waals surface area contributed by atoms with Gasteiger partial charge in [0.05, 0.1) is 13.2 Å². The van der Waals surface area contributed by atoms with E-state index in [9.17, 15) is 23.8 Å². The number of phosphoric ester groups is 1. The molecular formula is C28H30ClN2O9P. The predicted octanol–water partition coefficient (Wildman–Crippen LogP) is 4.78. The molecule has 0 saturated heterocycles. The minimum absolute atomic E-state index is 0.0774. The van der Waals surface area contributed by atoms with E-state index < -0.39 is 19.8 Å². The summed E-state index contributed by atoms with van der Waals surface area (Å²) < 4.78 is 33.1. The van der Waals surface area contributed by atoms with Crippen LogP contribution in [0.25, 0.3) is 0 Å². The first-order chi connectivity index (χ1) is 19.7. The fourth-order valence-corrected chi connectivity index (χ4v) is 4.24. The standard InChI is InChI=1S/C28H30ClN2O9P/c1-20(39-23-11-13-25(14-12-23)40-24-9-7-22(29)8-10-24)27(33)30-15-4-17-37-41(35,36)38-18-16-31-28(34)26-6-3-2-5-21(26)19-32/h2-3,5-14,19-20H,4,15-18H2,1H3,(H,30,33)(H,31,34)(H,35,36). The van der Waals surface area contributed by atoms with Crippen LogP contribution in [0.15, 0.2) is 72.8 Å². The summed E-state index contributed by atoms with van der Waals surface area (Å²) in [5.41, 5.74) is 0.413. The molecule has 3 aromatic carbocycles. The molecule has 3 aromatic rings. The maximum atomic E-state index is 12.3. The van der Waals surface area contributed by atoms with E-state index in [1.54, 1.807) is 67.6 Å². The zero-order valence-electron chi connectivity index (χ0n) is 22.2. The Bertz CT molecular complexity index is 1350. The topological polar surface area (TPSA) is 149 Å². The van der Waals surface area contributed by atoms with Gasteiger partial charge in [-0.15, -0.1) is 0 Å². The van der Waals surface area contributed by atoms with Crippen molar-refractivity contribution in [1.29, 1.82) is 0 Å². The van der Waals surface area contributed by atoms with Gasteiger partial charge in [-0.1, -0.05) is 29.8 Å². The number of benzene rings is 3. The number of carbonyl (C=O) groups excluding carboxylic acids is 3. The van der Waals surface area contributed by atoms with Gasteiger partial charge < -0.3 is 25.0 Å². The van der Waals surface area contributed by atoms with Crippen molar-refractivity contribution in [3.63, 3.8) is 0 Å². The van der Waals surface area contributed by atoms with Crippen LogP contribution in [-0.2, 0) is 18.4 Å². The fourth-order valence-electron chi connectivity index (χ4n) is 3.35. The molecule has 2 atom stereocenters. The summed E-state index contributed by atoms with van der Waals surface area (Å²) in [5.74, 6) is 0.807. The van der Waals surface area contributed by atoms with Crippen molar-refractivity contribution in [3.8, 4) is 17.2 Å². The van der Waals surface area contributed by atoms with Crippen molar-refractivity contribution in [2.45, 2.75) is 19.4 Å². The van der Waals surface area contributed by atoms with E-state index >= 15 is 0 Å². The highest BCUT2D eigenvalue weighted by Crippen LogP contribution is 2.42. The average molecular weight is 605 g/mol. The molecule has 2 unspecified atom stereocenters. The summed E-state index contributed by atoms with van der Waals surface area (Å²) in [6.45, 7) is 1.24. The zero-order chi connectivity index (χ0) is 29.7. The zero-order valence-corrected chi connectivity index (χ0v) is 23.8. The van der Waals surface area contributed by atoms with Gasteiger partial charge in [0.1, 0.15) is 17.2 Å². The molecule has 2 amide bonds. The van der Waals surface area contributed by atoms with Crippen LogP contribution in [0.5, 0.6) is 17.2 Å². The van der Waals surface area contributed by atoms with Gasteiger partial charge in [0.2, 0.25) is 0 Å². The van der Waals surface area contributed by atoms with E-state index in [4.69, 9.17) is 30.1 Å². The summed E-state index contributed by atoms with van der Waals surface area (Å²) in [6, 6.07) is 20.0. The lowest BCUT2D eigenvalue weighted by molar-refractivity contribution is -0.127. The average Bonchev–Trinajstić information content (AvgIpc) is 2.97. The van der Waals surface area contributed by atoms with E-state index in [1.807, 2.05) is 0 Å². The third-order valence-electron chi connectivity index (χ3n) is 5.40. The summed E-state index contributed by atoms with van der Waals surface area (Å²) in [6.07, 6.45) is 0.0126. The van der Waals surface area contributed by atoms with E-state index in [1.165, 1.54) is 12.1 Å². The third-order valence-corrected chi connectivity index (χ3v) is 6.67. The second kappa shape index (κ2) is 15.9. The quantitative estimate of drug-likeness (QED) is 0.119.